The van der Waals surface area contributed by atoms with Crippen LogP contribution in [0.2, 0.25) is 0 Å². The molecule has 170 valence electrons. The fourth-order valence-corrected chi connectivity index (χ4v) is 5.83. The lowest BCUT2D eigenvalue weighted by atomic mass is 10.2. The zero-order valence-corrected chi connectivity index (χ0v) is 19.5. The average molecular weight is 486 g/mol. The van der Waals surface area contributed by atoms with Crippen LogP contribution in [0.1, 0.15) is 5.69 Å². The number of aromatic nitrogens is 2. The Kier molecular flexibility index (Phi) is 5.34. The Labute approximate surface area is 194 Å². The van der Waals surface area contributed by atoms with E-state index < -0.39 is 10.0 Å². The van der Waals surface area contributed by atoms with E-state index >= 15 is 0 Å². The normalized spacial score (nSPS) is 13.2. The maximum Gasteiger partial charge on any atom is 0.263 e. The Morgan fingerprint density at radius 3 is 2.55 bits per heavy atom. The Morgan fingerprint density at radius 1 is 1.06 bits per heavy atom. The summed E-state index contributed by atoms with van der Waals surface area (Å²) < 4.78 is 55.1. The van der Waals surface area contributed by atoms with Crippen LogP contribution in [0.5, 0.6) is 11.5 Å². The van der Waals surface area contributed by atoms with E-state index in [2.05, 4.69) is 9.71 Å². The van der Waals surface area contributed by atoms with Crippen molar-refractivity contribution in [2.45, 2.75) is 11.8 Å². The first-order valence-electron chi connectivity index (χ1n) is 10.1. The number of nitrogens with one attached hydrogen (secondary N) is 1. The molecule has 3 heterocycles. The number of anilines is 1. The van der Waals surface area contributed by atoms with Gasteiger partial charge in [0.25, 0.3) is 10.0 Å². The van der Waals surface area contributed by atoms with E-state index in [-0.39, 0.29) is 10.7 Å². The van der Waals surface area contributed by atoms with Crippen molar-refractivity contribution in [3.63, 3.8) is 0 Å². The van der Waals surface area contributed by atoms with Gasteiger partial charge in [0.2, 0.25) is 0 Å². The van der Waals surface area contributed by atoms with Crippen LogP contribution in [0.4, 0.5) is 10.1 Å². The molecule has 4 aromatic rings. The summed E-state index contributed by atoms with van der Waals surface area (Å²) in [6, 6.07) is 12.6. The molecular formula is C23H20FN3O4S2. The van der Waals surface area contributed by atoms with E-state index in [1.165, 1.54) is 23.5 Å². The van der Waals surface area contributed by atoms with E-state index in [0.717, 1.165) is 5.56 Å². The van der Waals surface area contributed by atoms with Crippen LogP contribution < -0.4 is 14.2 Å². The van der Waals surface area contributed by atoms with Crippen LogP contribution in [-0.2, 0) is 17.1 Å². The molecule has 0 atom stereocenters. The van der Waals surface area contributed by atoms with Crippen molar-refractivity contribution in [1.29, 1.82) is 0 Å². The highest BCUT2D eigenvalue weighted by Gasteiger charge is 2.24. The van der Waals surface area contributed by atoms with Gasteiger partial charge in [-0.15, -0.1) is 11.3 Å². The number of sulfonamides is 1. The molecule has 0 amide bonds. The number of hydrogen-bond acceptors (Lipinski definition) is 6. The number of halogens is 1. The molecule has 1 aliphatic heterocycles. The van der Waals surface area contributed by atoms with E-state index in [4.69, 9.17) is 9.47 Å². The quantitative estimate of drug-likeness (QED) is 0.438. The third-order valence-electron chi connectivity index (χ3n) is 5.44. The van der Waals surface area contributed by atoms with Crippen LogP contribution >= 0.6 is 11.3 Å². The predicted molar refractivity (Wildman–Crippen MR) is 125 cm³/mol. The highest BCUT2D eigenvalue weighted by Crippen LogP contribution is 2.35. The van der Waals surface area contributed by atoms with Gasteiger partial charge in [-0.05, 0) is 49.4 Å². The molecule has 1 N–H and O–H groups in total. The lowest BCUT2D eigenvalue weighted by molar-refractivity contribution is 0.171. The van der Waals surface area contributed by atoms with Crippen LogP contribution in [0, 0.1) is 12.7 Å². The SMILES string of the molecule is Cc1c(S(=O)(=O)Nc2ccc3c(c2)OCCO3)cc(-c2nc(-c3ccc(F)cc3)cs2)n1C. The summed E-state index contributed by atoms with van der Waals surface area (Å²) in [4.78, 5) is 4.80. The Hall–Kier alpha value is -3.37. The minimum atomic E-state index is -3.86. The van der Waals surface area contributed by atoms with Crippen molar-refractivity contribution in [1.82, 2.24) is 9.55 Å². The number of benzene rings is 2. The summed E-state index contributed by atoms with van der Waals surface area (Å²) in [5, 5.41) is 2.53. The molecule has 10 heteroatoms. The first-order valence-corrected chi connectivity index (χ1v) is 12.5. The molecule has 0 aliphatic carbocycles. The van der Waals surface area contributed by atoms with Gasteiger partial charge in [0.15, 0.2) is 11.5 Å². The minimum Gasteiger partial charge on any atom is -0.486 e. The molecular weight excluding hydrogens is 465 g/mol. The number of hydrogen-bond donors (Lipinski definition) is 1. The maximum absolute atomic E-state index is 13.2. The summed E-state index contributed by atoms with van der Waals surface area (Å²) in [5.41, 5.74) is 3.13. The first kappa shape index (κ1) is 21.5. The van der Waals surface area contributed by atoms with Crippen LogP contribution in [0.3, 0.4) is 0 Å². The largest absolute Gasteiger partial charge is 0.486 e. The van der Waals surface area contributed by atoms with Gasteiger partial charge in [0, 0.05) is 29.8 Å². The average Bonchev–Trinajstić information content (AvgIpc) is 3.39. The monoisotopic (exact) mass is 485 g/mol. The van der Waals surface area contributed by atoms with Crippen molar-refractivity contribution < 1.29 is 22.3 Å². The molecule has 5 rings (SSSR count). The summed E-state index contributed by atoms with van der Waals surface area (Å²) in [7, 11) is -2.06. The van der Waals surface area contributed by atoms with Crippen molar-refractivity contribution >= 4 is 27.0 Å². The summed E-state index contributed by atoms with van der Waals surface area (Å²) in [6.07, 6.45) is 0. The molecule has 2 aromatic carbocycles. The topological polar surface area (TPSA) is 82.5 Å². The zero-order chi connectivity index (χ0) is 23.2. The minimum absolute atomic E-state index is 0.161. The van der Waals surface area contributed by atoms with Crippen LogP contribution in [0.15, 0.2) is 58.8 Å². The molecule has 0 unspecified atom stereocenters. The summed E-state index contributed by atoms with van der Waals surface area (Å²) in [6.45, 7) is 2.62. The van der Waals surface area contributed by atoms with Crippen LogP contribution in [0.25, 0.3) is 22.0 Å². The maximum atomic E-state index is 13.2. The standard InChI is InChI=1S/C23H20FN3O4S2/c1-14-22(33(28,29)26-17-7-8-20-21(11-17)31-10-9-30-20)12-19(27(14)2)23-25-18(13-32-23)15-3-5-16(24)6-4-15/h3-8,11-13,26H,9-10H2,1-2H3. The molecule has 0 radical (unpaired) electrons. The second-order valence-corrected chi connectivity index (χ2v) is 10.1. The molecule has 0 spiro atoms. The zero-order valence-electron chi connectivity index (χ0n) is 17.8. The number of thiazole rings is 1. The van der Waals surface area contributed by atoms with Crippen molar-refractivity contribution in [2.75, 3.05) is 17.9 Å². The fourth-order valence-electron chi connectivity index (χ4n) is 3.61. The van der Waals surface area contributed by atoms with Gasteiger partial charge >= 0.3 is 0 Å². The summed E-state index contributed by atoms with van der Waals surface area (Å²) >= 11 is 1.40. The lowest BCUT2D eigenvalue weighted by Gasteiger charge is -2.19. The second kappa shape index (κ2) is 8.20. The van der Waals surface area contributed by atoms with Gasteiger partial charge < -0.3 is 14.0 Å². The van der Waals surface area contributed by atoms with Crippen molar-refractivity contribution in [2.24, 2.45) is 7.05 Å². The highest BCUT2D eigenvalue weighted by atomic mass is 32.2. The van der Waals surface area contributed by atoms with Gasteiger partial charge in [0.05, 0.1) is 17.1 Å². The highest BCUT2D eigenvalue weighted by molar-refractivity contribution is 7.92. The smallest absolute Gasteiger partial charge is 0.263 e. The molecule has 1 aliphatic rings. The van der Waals surface area contributed by atoms with Gasteiger partial charge in [-0.2, -0.15) is 0 Å². The number of rotatable bonds is 5. The van der Waals surface area contributed by atoms with Gasteiger partial charge in [0.1, 0.15) is 28.9 Å². The number of ether oxygens (including phenoxy) is 2. The Bertz CT molecular complexity index is 1440. The van der Waals surface area contributed by atoms with Crippen molar-refractivity contribution in [3.8, 4) is 33.5 Å². The third kappa shape index (κ3) is 4.07. The molecule has 0 bridgehead atoms. The van der Waals surface area contributed by atoms with Crippen molar-refractivity contribution in [3.05, 3.63) is 65.4 Å². The van der Waals surface area contributed by atoms with Gasteiger partial charge in [-0.25, -0.2) is 17.8 Å². The molecule has 7 nitrogen and oxygen atoms in total. The van der Waals surface area contributed by atoms with E-state index in [1.807, 2.05) is 5.38 Å². The molecule has 2 aromatic heterocycles. The lowest BCUT2D eigenvalue weighted by Crippen LogP contribution is -2.17. The predicted octanol–water partition coefficient (Wildman–Crippen LogP) is 4.84. The van der Waals surface area contributed by atoms with Crippen LogP contribution in [-0.4, -0.2) is 31.2 Å². The Morgan fingerprint density at radius 2 is 1.79 bits per heavy atom. The molecule has 0 saturated carbocycles. The number of fused-ring (bicyclic) bond motifs is 1. The first-order chi connectivity index (χ1) is 15.8. The van der Waals surface area contributed by atoms with Gasteiger partial charge in [-0.3, -0.25) is 4.72 Å². The molecule has 33 heavy (non-hydrogen) atoms. The van der Waals surface area contributed by atoms with E-state index in [1.54, 1.807) is 54.9 Å². The second-order valence-electron chi connectivity index (χ2n) is 7.55. The Balaban J connectivity index is 1.45. The third-order valence-corrected chi connectivity index (χ3v) is 7.80. The van der Waals surface area contributed by atoms with E-state index in [0.29, 0.717) is 52.5 Å². The molecule has 0 saturated heterocycles. The van der Waals surface area contributed by atoms with Gasteiger partial charge in [-0.1, -0.05) is 0 Å². The molecule has 0 fully saturated rings. The fraction of sp³-hybridized carbons (Fsp3) is 0.174. The summed E-state index contributed by atoms with van der Waals surface area (Å²) in [5.74, 6) is 0.777. The number of nitrogens with zero attached hydrogens (tertiary/aromatic N) is 2. The van der Waals surface area contributed by atoms with E-state index in [9.17, 15) is 12.8 Å².